The minimum Gasteiger partial charge on any atom is -0.450 e. The monoisotopic (exact) mass is 336 g/mol. The Morgan fingerprint density at radius 3 is 2.67 bits per heavy atom. The molecule has 132 valence electrons. The molecule has 0 aliphatic carbocycles. The number of likely N-dealkylation sites (tertiary alicyclic amines) is 1. The maximum atomic E-state index is 13.1. The fourth-order valence-corrected chi connectivity index (χ4v) is 3.00. The summed E-state index contributed by atoms with van der Waals surface area (Å²) >= 11 is 0. The second-order valence-corrected chi connectivity index (χ2v) is 6.16. The van der Waals surface area contributed by atoms with E-state index in [-0.39, 0.29) is 29.8 Å². The summed E-state index contributed by atoms with van der Waals surface area (Å²) in [6.07, 6.45) is 1.19. The molecule has 0 spiro atoms. The molecule has 1 heterocycles. The van der Waals surface area contributed by atoms with Crippen molar-refractivity contribution in [2.24, 2.45) is 5.92 Å². The zero-order chi connectivity index (χ0) is 17.7. The molecule has 2 unspecified atom stereocenters. The number of ether oxygens (including phenoxy) is 1. The molecule has 0 N–H and O–H groups in total. The van der Waals surface area contributed by atoms with Crippen molar-refractivity contribution in [3.8, 4) is 0 Å². The van der Waals surface area contributed by atoms with Gasteiger partial charge < -0.3 is 14.5 Å². The summed E-state index contributed by atoms with van der Waals surface area (Å²) in [6.45, 7) is 5.02. The Balaban J connectivity index is 2.01. The highest BCUT2D eigenvalue weighted by atomic mass is 19.1. The first-order valence-electron chi connectivity index (χ1n) is 8.37. The second kappa shape index (κ2) is 8.13. The Kier molecular flexibility index (Phi) is 6.17. The van der Waals surface area contributed by atoms with Crippen LogP contribution in [0.2, 0.25) is 0 Å². The van der Waals surface area contributed by atoms with Gasteiger partial charge in [-0.15, -0.1) is 0 Å². The van der Waals surface area contributed by atoms with Crippen LogP contribution < -0.4 is 0 Å². The molecule has 1 aromatic rings. The van der Waals surface area contributed by atoms with Crippen LogP contribution in [0.3, 0.4) is 0 Å². The van der Waals surface area contributed by atoms with E-state index in [9.17, 15) is 14.0 Å². The van der Waals surface area contributed by atoms with Crippen molar-refractivity contribution in [2.45, 2.75) is 32.7 Å². The van der Waals surface area contributed by atoms with Crippen LogP contribution in [0.5, 0.6) is 0 Å². The maximum Gasteiger partial charge on any atom is 0.409 e. The van der Waals surface area contributed by atoms with E-state index in [1.54, 1.807) is 35.9 Å². The molecule has 0 aromatic heterocycles. The summed E-state index contributed by atoms with van der Waals surface area (Å²) in [5.41, 5.74) is 0.880. The van der Waals surface area contributed by atoms with Gasteiger partial charge in [-0.05, 0) is 44.4 Å². The van der Waals surface area contributed by atoms with Gasteiger partial charge in [0.15, 0.2) is 0 Å². The highest BCUT2D eigenvalue weighted by Crippen LogP contribution is 2.25. The van der Waals surface area contributed by atoms with Crippen LogP contribution in [-0.4, -0.2) is 48.5 Å². The van der Waals surface area contributed by atoms with E-state index < -0.39 is 0 Å². The molecule has 0 radical (unpaired) electrons. The van der Waals surface area contributed by atoms with E-state index in [4.69, 9.17) is 4.74 Å². The lowest BCUT2D eigenvalue weighted by atomic mass is 9.95. The number of rotatable bonds is 4. The zero-order valence-electron chi connectivity index (χ0n) is 14.5. The van der Waals surface area contributed by atoms with E-state index in [1.807, 2.05) is 6.92 Å². The van der Waals surface area contributed by atoms with Crippen molar-refractivity contribution >= 4 is 12.0 Å². The molecule has 24 heavy (non-hydrogen) atoms. The van der Waals surface area contributed by atoms with Gasteiger partial charge >= 0.3 is 6.09 Å². The Morgan fingerprint density at radius 2 is 2.04 bits per heavy atom. The SMILES string of the molecule is CCOC(=O)N1CCCC(C(=O)N(C)C(C)c2ccc(F)cc2)C1. The van der Waals surface area contributed by atoms with Crippen molar-refractivity contribution in [3.63, 3.8) is 0 Å². The zero-order valence-corrected chi connectivity index (χ0v) is 14.5. The molecule has 1 fully saturated rings. The normalized spacial score (nSPS) is 18.8. The van der Waals surface area contributed by atoms with Crippen LogP contribution in [0.1, 0.15) is 38.3 Å². The van der Waals surface area contributed by atoms with Crippen molar-refractivity contribution in [1.29, 1.82) is 0 Å². The van der Waals surface area contributed by atoms with Gasteiger partial charge in [0.1, 0.15) is 5.82 Å². The van der Waals surface area contributed by atoms with Gasteiger partial charge in [-0.1, -0.05) is 12.1 Å². The molecule has 1 aliphatic heterocycles. The quantitative estimate of drug-likeness (QED) is 0.848. The van der Waals surface area contributed by atoms with E-state index in [2.05, 4.69) is 0 Å². The molecule has 1 aromatic carbocycles. The number of carbonyl (C=O) groups is 2. The van der Waals surface area contributed by atoms with Crippen LogP contribution in [0.4, 0.5) is 9.18 Å². The minimum atomic E-state index is -0.357. The van der Waals surface area contributed by atoms with Gasteiger partial charge in [0.25, 0.3) is 0 Å². The maximum absolute atomic E-state index is 13.1. The molecule has 2 atom stereocenters. The minimum absolute atomic E-state index is 0.000762. The molecule has 1 saturated heterocycles. The summed E-state index contributed by atoms with van der Waals surface area (Å²) in [5, 5.41) is 0. The number of piperidine rings is 1. The summed E-state index contributed by atoms with van der Waals surface area (Å²) < 4.78 is 18.1. The summed E-state index contributed by atoms with van der Waals surface area (Å²) in [5.74, 6) is -0.519. The second-order valence-electron chi connectivity index (χ2n) is 6.16. The van der Waals surface area contributed by atoms with Crippen molar-refractivity contribution < 1.29 is 18.7 Å². The number of benzene rings is 1. The van der Waals surface area contributed by atoms with E-state index >= 15 is 0 Å². The van der Waals surface area contributed by atoms with Crippen LogP contribution in [0, 0.1) is 11.7 Å². The van der Waals surface area contributed by atoms with Crippen molar-refractivity contribution in [2.75, 3.05) is 26.7 Å². The predicted molar refractivity (Wildman–Crippen MR) is 88.9 cm³/mol. The molecule has 0 bridgehead atoms. The van der Waals surface area contributed by atoms with E-state index in [0.29, 0.717) is 19.7 Å². The third kappa shape index (κ3) is 4.24. The lowest BCUT2D eigenvalue weighted by Crippen LogP contribution is -2.46. The third-order valence-electron chi connectivity index (χ3n) is 4.58. The Labute approximate surface area is 142 Å². The van der Waals surface area contributed by atoms with Crippen LogP contribution in [0.15, 0.2) is 24.3 Å². The highest BCUT2D eigenvalue weighted by Gasteiger charge is 2.32. The average Bonchev–Trinajstić information content (AvgIpc) is 2.61. The van der Waals surface area contributed by atoms with Crippen LogP contribution >= 0.6 is 0 Å². The Bertz CT molecular complexity index is 576. The first-order chi connectivity index (χ1) is 11.4. The molecule has 5 nitrogen and oxygen atoms in total. The van der Waals surface area contributed by atoms with E-state index in [0.717, 1.165) is 18.4 Å². The molecule has 2 amide bonds. The Morgan fingerprint density at radius 1 is 1.38 bits per heavy atom. The van der Waals surface area contributed by atoms with Crippen LogP contribution in [-0.2, 0) is 9.53 Å². The molecule has 0 saturated carbocycles. The molecule has 1 aliphatic rings. The summed E-state index contributed by atoms with van der Waals surface area (Å²) in [7, 11) is 1.75. The highest BCUT2D eigenvalue weighted by molar-refractivity contribution is 5.80. The third-order valence-corrected chi connectivity index (χ3v) is 4.58. The number of halogens is 1. The largest absolute Gasteiger partial charge is 0.450 e. The molecular weight excluding hydrogens is 311 g/mol. The number of nitrogens with zero attached hydrogens (tertiary/aromatic N) is 2. The average molecular weight is 336 g/mol. The van der Waals surface area contributed by atoms with Gasteiger partial charge in [0.05, 0.1) is 18.6 Å². The fraction of sp³-hybridized carbons (Fsp3) is 0.556. The van der Waals surface area contributed by atoms with Gasteiger partial charge in [0.2, 0.25) is 5.91 Å². The Hall–Kier alpha value is -2.11. The fourth-order valence-electron chi connectivity index (χ4n) is 3.00. The predicted octanol–water partition coefficient (Wildman–Crippen LogP) is 3.21. The number of amides is 2. The summed E-state index contributed by atoms with van der Waals surface area (Å²) in [6, 6.07) is 6.02. The first-order valence-corrected chi connectivity index (χ1v) is 8.37. The number of carbonyl (C=O) groups excluding carboxylic acids is 2. The first kappa shape index (κ1) is 18.2. The molecule has 2 rings (SSSR count). The topological polar surface area (TPSA) is 49.9 Å². The van der Waals surface area contributed by atoms with Crippen molar-refractivity contribution in [3.05, 3.63) is 35.6 Å². The molecule has 6 heteroatoms. The number of hydrogen-bond donors (Lipinski definition) is 0. The lowest BCUT2D eigenvalue weighted by Gasteiger charge is -2.35. The van der Waals surface area contributed by atoms with Gasteiger partial charge in [0, 0.05) is 20.1 Å². The van der Waals surface area contributed by atoms with Gasteiger partial charge in [-0.2, -0.15) is 0 Å². The number of hydrogen-bond acceptors (Lipinski definition) is 3. The van der Waals surface area contributed by atoms with Crippen LogP contribution in [0.25, 0.3) is 0 Å². The summed E-state index contributed by atoms with van der Waals surface area (Å²) in [4.78, 5) is 27.9. The van der Waals surface area contributed by atoms with Crippen molar-refractivity contribution in [1.82, 2.24) is 9.80 Å². The van der Waals surface area contributed by atoms with E-state index in [1.165, 1.54) is 12.1 Å². The standard InChI is InChI=1S/C18H25FN2O3/c1-4-24-18(23)21-11-5-6-15(12-21)17(22)20(3)13(2)14-7-9-16(19)10-8-14/h7-10,13,15H,4-6,11-12H2,1-3H3. The molecular formula is C18H25FN2O3. The lowest BCUT2D eigenvalue weighted by molar-refractivity contribution is -0.137. The van der Waals surface area contributed by atoms with Gasteiger partial charge in [-0.3, -0.25) is 4.79 Å². The smallest absolute Gasteiger partial charge is 0.409 e. The van der Waals surface area contributed by atoms with Gasteiger partial charge in [-0.25, -0.2) is 9.18 Å².